The highest BCUT2D eigenvalue weighted by molar-refractivity contribution is 6.15. The predicted octanol–water partition coefficient (Wildman–Crippen LogP) is 4.20. The molecule has 5 nitrogen and oxygen atoms in total. The molecule has 0 spiro atoms. The summed E-state index contributed by atoms with van der Waals surface area (Å²) in [7, 11) is 2.86. The molecule has 0 saturated carbocycles. The summed E-state index contributed by atoms with van der Waals surface area (Å²) in [5, 5.41) is 0. The summed E-state index contributed by atoms with van der Waals surface area (Å²) < 4.78 is 10.8. The van der Waals surface area contributed by atoms with Crippen LogP contribution in [0.4, 0.5) is 0 Å². The van der Waals surface area contributed by atoms with Crippen LogP contribution in [0.25, 0.3) is 0 Å². The van der Waals surface area contributed by atoms with Gasteiger partial charge in [0.1, 0.15) is 5.75 Å². The third kappa shape index (κ3) is 3.26. The minimum Gasteiger partial charge on any atom is -0.496 e. The Morgan fingerprint density at radius 3 is 2.23 bits per heavy atom. The minimum atomic E-state index is -1.51. The number of ether oxygens (including phenoxy) is 2. The van der Waals surface area contributed by atoms with E-state index in [0.29, 0.717) is 17.9 Å². The zero-order chi connectivity index (χ0) is 22.0. The van der Waals surface area contributed by atoms with Crippen LogP contribution in [0.5, 0.6) is 5.75 Å². The van der Waals surface area contributed by atoms with Gasteiger partial charge in [-0.3, -0.25) is 9.59 Å². The standard InChI is InChI=1S/C26H25NO4/c1-18-13-15-20(16-14-18)23-26(25(29)31-3,21-11-7-8-12-22(21)30-2)24(28)27(23)17-19-9-5-4-6-10-19/h4-16,23H,17H2,1-3H3. The van der Waals surface area contributed by atoms with Crippen molar-refractivity contribution in [3.63, 3.8) is 0 Å². The predicted molar refractivity (Wildman–Crippen MR) is 118 cm³/mol. The first-order chi connectivity index (χ1) is 15.0. The molecule has 2 unspecified atom stereocenters. The Morgan fingerprint density at radius 1 is 0.935 bits per heavy atom. The molecule has 158 valence electrons. The Hall–Kier alpha value is -3.60. The van der Waals surface area contributed by atoms with Crippen molar-refractivity contribution in [2.45, 2.75) is 24.9 Å². The highest BCUT2D eigenvalue weighted by Gasteiger charge is 2.68. The molecule has 1 saturated heterocycles. The van der Waals surface area contributed by atoms with Crippen LogP contribution >= 0.6 is 0 Å². The molecule has 1 amide bonds. The van der Waals surface area contributed by atoms with Crippen molar-refractivity contribution in [2.24, 2.45) is 0 Å². The molecule has 1 aliphatic rings. The Balaban J connectivity index is 1.90. The maximum Gasteiger partial charge on any atom is 0.328 e. The maximum absolute atomic E-state index is 13.8. The third-order valence-corrected chi connectivity index (χ3v) is 5.95. The lowest BCUT2D eigenvalue weighted by Gasteiger charge is -2.54. The molecule has 0 bridgehead atoms. The van der Waals surface area contributed by atoms with Gasteiger partial charge in [0, 0.05) is 12.1 Å². The van der Waals surface area contributed by atoms with Gasteiger partial charge in [-0.05, 0) is 24.1 Å². The molecule has 2 atom stereocenters. The summed E-state index contributed by atoms with van der Waals surface area (Å²) in [5.41, 5.74) is 1.98. The number of aryl methyl sites for hydroxylation is 1. The summed E-state index contributed by atoms with van der Waals surface area (Å²) in [4.78, 5) is 28.8. The average Bonchev–Trinajstić information content (AvgIpc) is 2.82. The number of rotatable bonds is 6. The zero-order valence-corrected chi connectivity index (χ0v) is 17.9. The molecule has 1 aliphatic heterocycles. The van der Waals surface area contributed by atoms with Crippen molar-refractivity contribution < 1.29 is 19.1 Å². The number of amides is 1. The summed E-state index contributed by atoms with van der Waals surface area (Å²) in [6, 6.07) is 24.3. The van der Waals surface area contributed by atoms with E-state index in [1.165, 1.54) is 14.2 Å². The number of benzene rings is 3. The molecule has 31 heavy (non-hydrogen) atoms. The molecule has 1 fully saturated rings. The number of nitrogens with zero attached hydrogens (tertiary/aromatic N) is 1. The second-order valence-electron chi connectivity index (χ2n) is 7.73. The van der Waals surface area contributed by atoms with E-state index in [2.05, 4.69) is 0 Å². The summed E-state index contributed by atoms with van der Waals surface area (Å²) in [6.45, 7) is 2.40. The number of likely N-dealkylation sites (tertiary alicyclic amines) is 1. The SMILES string of the molecule is COC(=O)C1(c2ccccc2OC)C(=O)N(Cc2ccccc2)C1c1ccc(C)cc1. The van der Waals surface area contributed by atoms with Gasteiger partial charge in [0.2, 0.25) is 5.91 Å². The number of hydrogen-bond donors (Lipinski definition) is 0. The van der Waals surface area contributed by atoms with E-state index in [-0.39, 0.29) is 5.91 Å². The van der Waals surface area contributed by atoms with Crippen LogP contribution in [-0.2, 0) is 26.3 Å². The first-order valence-corrected chi connectivity index (χ1v) is 10.2. The number of carbonyl (C=O) groups excluding carboxylic acids is 2. The minimum absolute atomic E-state index is 0.293. The van der Waals surface area contributed by atoms with Gasteiger partial charge in [-0.25, -0.2) is 0 Å². The van der Waals surface area contributed by atoms with E-state index in [0.717, 1.165) is 16.7 Å². The lowest BCUT2D eigenvalue weighted by molar-refractivity contribution is -0.179. The van der Waals surface area contributed by atoms with Crippen LogP contribution in [0.2, 0.25) is 0 Å². The maximum atomic E-state index is 13.8. The molecule has 0 aromatic heterocycles. The van der Waals surface area contributed by atoms with Gasteiger partial charge in [-0.15, -0.1) is 0 Å². The molecular weight excluding hydrogens is 390 g/mol. The number of carbonyl (C=O) groups is 2. The first kappa shape index (κ1) is 20.7. The van der Waals surface area contributed by atoms with Gasteiger partial charge in [-0.2, -0.15) is 0 Å². The van der Waals surface area contributed by atoms with Crippen LogP contribution in [0.3, 0.4) is 0 Å². The van der Waals surface area contributed by atoms with Gasteiger partial charge in [0.15, 0.2) is 5.41 Å². The van der Waals surface area contributed by atoms with Crippen molar-refractivity contribution in [1.82, 2.24) is 4.90 Å². The topological polar surface area (TPSA) is 55.8 Å². The van der Waals surface area contributed by atoms with Crippen molar-refractivity contribution in [1.29, 1.82) is 0 Å². The van der Waals surface area contributed by atoms with Crippen LogP contribution in [-0.4, -0.2) is 31.0 Å². The van der Waals surface area contributed by atoms with Gasteiger partial charge in [-0.1, -0.05) is 78.4 Å². The van der Waals surface area contributed by atoms with E-state index in [1.807, 2.05) is 73.7 Å². The lowest BCUT2D eigenvalue weighted by Crippen LogP contribution is -2.69. The quantitative estimate of drug-likeness (QED) is 0.344. The first-order valence-electron chi connectivity index (χ1n) is 10.2. The van der Waals surface area contributed by atoms with E-state index in [9.17, 15) is 9.59 Å². The number of esters is 1. The molecule has 1 heterocycles. The number of methoxy groups -OCH3 is 2. The number of para-hydroxylation sites is 1. The Bertz CT molecular complexity index is 1090. The normalized spacial score (nSPS) is 20.2. The second-order valence-corrected chi connectivity index (χ2v) is 7.73. The van der Waals surface area contributed by atoms with E-state index >= 15 is 0 Å². The highest BCUT2D eigenvalue weighted by atomic mass is 16.5. The average molecular weight is 415 g/mol. The highest BCUT2D eigenvalue weighted by Crippen LogP contribution is 2.55. The molecule has 0 aliphatic carbocycles. The van der Waals surface area contributed by atoms with Crippen molar-refractivity contribution in [3.05, 3.63) is 101 Å². The van der Waals surface area contributed by atoms with Crippen molar-refractivity contribution in [3.8, 4) is 5.75 Å². The summed E-state index contributed by atoms with van der Waals surface area (Å²) in [6.07, 6.45) is 0. The van der Waals surface area contributed by atoms with E-state index < -0.39 is 17.4 Å². The van der Waals surface area contributed by atoms with Crippen molar-refractivity contribution >= 4 is 11.9 Å². The molecular formula is C26H25NO4. The lowest BCUT2D eigenvalue weighted by atomic mass is 9.63. The van der Waals surface area contributed by atoms with Gasteiger partial charge in [0.05, 0.1) is 20.3 Å². The Labute approximate surface area is 182 Å². The molecule has 0 N–H and O–H groups in total. The summed E-state index contributed by atoms with van der Waals surface area (Å²) >= 11 is 0. The summed E-state index contributed by atoms with van der Waals surface area (Å²) in [5.74, 6) is -0.395. The Morgan fingerprint density at radius 2 is 1.58 bits per heavy atom. The molecule has 3 aromatic rings. The smallest absolute Gasteiger partial charge is 0.328 e. The van der Waals surface area contributed by atoms with Crippen LogP contribution < -0.4 is 4.74 Å². The van der Waals surface area contributed by atoms with Crippen LogP contribution in [0, 0.1) is 6.92 Å². The zero-order valence-electron chi connectivity index (χ0n) is 17.9. The van der Waals surface area contributed by atoms with E-state index in [1.54, 1.807) is 17.0 Å². The second kappa shape index (κ2) is 8.26. The van der Waals surface area contributed by atoms with E-state index in [4.69, 9.17) is 9.47 Å². The molecule has 3 aromatic carbocycles. The third-order valence-electron chi connectivity index (χ3n) is 5.95. The number of β-lactam (4-membered cyclic amide) rings is 1. The molecule has 4 rings (SSSR count). The molecule has 0 radical (unpaired) electrons. The Kier molecular flexibility index (Phi) is 5.51. The van der Waals surface area contributed by atoms with Crippen LogP contribution in [0.1, 0.15) is 28.3 Å². The van der Waals surface area contributed by atoms with Gasteiger partial charge in [0.25, 0.3) is 0 Å². The largest absolute Gasteiger partial charge is 0.496 e. The monoisotopic (exact) mass is 415 g/mol. The van der Waals surface area contributed by atoms with Crippen molar-refractivity contribution in [2.75, 3.05) is 14.2 Å². The number of hydrogen-bond acceptors (Lipinski definition) is 4. The fraction of sp³-hybridized carbons (Fsp3) is 0.231. The van der Waals surface area contributed by atoms with Gasteiger partial charge >= 0.3 is 5.97 Å². The van der Waals surface area contributed by atoms with Crippen LogP contribution in [0.15, 0.2) is 78.9 Å². The fourth-order valence-electron chi connectivity index (χ4n) is 4.45. The van der Waals surface area contributed by atoms with Gasteiger partial charge < -0.3 is 14.4 Å². The molecule has 5 heteroatoms. The fourth-order valence-corrected chi connectivity index (χ4v) is 4.45.